The molecule has 0 heterocycles. The number of esters is 1. The van der Waals surface area contributed by atoms with Gasteiger partial charge in [-0.3, -0.25) is 9.79 Å². The molecule has 14 heteroatoms. The number of rotatable bonds is 16. The van der Waals surface area contributed by atoms with E-state index >= 15 is 0 Å². The topological polar surface area (TPSA) is 185 Å². The molecule has 0 saturated heterocycles. The maximum Gasteiger partial charge on any atom is 0.331 e. The normalized spacial score (nSPS) is 11.9. The van der Waals surface area contributed by atoms with Crippen LogP contribution < -0.4 is 30.4 Å². The van der Waals surface area contributed by atoms with Crippen LogP contribution in [0.2, 0.25) is 0 Å². The third-order valence-electron chi connectivity index (χ3n) is 6.58. The van der Waals surface area contributed by atoms with Crippen molar-refractivity contribution in [2.24, 2.45) is 16.5 Å². The van der Waals surface area contributed by atoms with E-state index in [1.54, 1.807) is 36.4 Å². The summed E-state index contributed by atoms with van der Waals surface area (Å²) in [6, 6.07) is 13.6. The fourth-order valence-electron chi connectivity index (χ4n) is 4.40. The zero-order valence-electron chi connectivity index (χ0n) is 25.2. The SMILES string of the molecule is COCCN(CC(=O)Oc1cccc(C)c1)C(=O)[C@H](CCCN=C(N)N)NS(=O)(=O)c1ccc2cc(OC)c(OC)cc2c1. The van der Waals surface area contributed by atoms with E-state index in [0.717, 1.165) is 10.9 Å². The highest BCUT2D eigenvalue weighted by atomic mass is 32.2. The fraction of sp³-hybridized carbons (Fsp3) is 0.367. The van der Waals surface area contributed by atoms with Crippen LogP contribution in [0.5, 0.6) is 17.2 Å². The van der Waals surface area contributed by atoms with Crippen LogP contribution in [-0.4, -0.2) is 84.8 Å². The number of sulfonamides is 1. The molecule has 44 heavy (non-hydrogen) atoms. The van der Waals surface area contributed by atoms with Crippen molar-refractivity contribution in [1.82, 2.24) is 9.62 Å². The second kappa shape index (κ2) is 15.9. The molecule has 0 radical (unpaired) electrons. The molecule has 3 aromatic rings. The van der Waals surface area contributed by atoms with E-state index in [0.29, 0.717) is 22.6 Å². The first kappa shape index (κ1) is 34.1. The Morgan fingerprint density at radius 3 is 2.32 bits per heavy atom. The van der Waals surface area contributed by atoms with E-state index in [9.17, 15) is 18.0 Å². The monoisotopic (exact) mass is 629 g/mol. The predicted molar refractivity (Wildman–Crippen MR) is 166 cm³/mol. The lowest BCUT2D eigenvalue weighted by Crippen LogP contribution is -2.51. The lowest BCUT2D eigenvalue weighted by atomic mass is 10.1. The number of nitrogens with one attached hydrogen (secondary N) is 1. The largest absolute Gasteiger partial charge is 0.493 e. The first-order chi connectivity index (χ1) is 21.0. The molecular weight excluding hydrogens is 590 g/mol. The van der Waals surface area contributed by atoms with E-state index in [-0.39, 0.29) is 43.4 Å². The van der Waals surface area contributed by atoms with Crippen LogP contribution in [0.3, 0.4) is 0 Å². The van der Waals surface area contributed by atoms with Crippen LogP contribution >= 0.6 is 0 Å². The molecule has 0 bridgehead atoms. The number of nitrogens with two attached hydrogens (primary N) is 2. The summed E-state index contributed by atoms with van der Waals surface area (Å²) in [5.74, 6) is -0.199. The summed E-state index contributed by atoms with van der Waals surface area (Å²) in [4.78, 5) is 31.7. The van der Waals surface area contributed by atoms with Crippen LogP contribution in [0.25, 0.3) is 10.8 Å². The Morgan fingerprint density at radius 1 is 0.977 bits per heavy atom. The Morgan fingerprint density at radius 2 is 1.68 bits per heavy atom. The van der Waals surface area contributed by atoms with Gasteiger partial charge in [-0.1, -0.05) is 18.2 Å². The van der Waals surface area contributed by atoms with Gasteiger partial charge in [-0.05, 0) is 72.5 Å². The number of amides is 1. The number of fused-ring (bicyclic) bond motifs is 1. The van der Waals surface area contributed by atoms with Gasteiger partial charge in [0.25, 0.3) is 0 Å². The van der Waals surface area contributed by atoms with Gasteiger partial charge in [0.1, 0.15) is 18.3 Å². The Hall–Kier alpha value is -4.40. The van der Waals surface area contributed by atoms with Gasteiger partial charge in [0, 0.05) is 20.2 Å². The molecule has 0 aromatic heterocycles. The maximum absolute atomic E-state index is 13.8. The van der Waals surface area contributed by atoms with Gasteiger partial charge in [-0.15, -0.1) is 0 Å². The van der Waals surface area contributed by atoms with Crippen molar-refractivity contribution in [3.8, 4) is 17.2 Å². The van der Waals surface area contributed by atoms with Crippen molar-refractivity contribution in [2.75, 3.05) is 47.6 Å². The molecule has 1 amide bonds. The maximum atomic E-state index is 13.8. The molecule has 13 nitrogen and oxygen atoms in total. The lowest BCUT2D eigenvalue weighted by Gasteiger charge is -2.27. The van der Waals surface area contributed by atoms with Crippen molar-refractivity contribution in [2.45, 2.75) is 30.7 Å². The summed E-state index contributed by atoms with van der Waals surface area (Å²) < 4.78 is 51.0. The van der Waals surface area contributed by atoms with E-state index in [1.165, 1.54) is 38.4 Å². The molecule has 0 aliphatic heterocycles. The van der Waals surface area contributed by atoms with Gasteiger partial charge in [0.05, 0.1) is 25.7 Å². The summed E-state index contributed by atoms with van der Waals surface area (Å²) in [5, 5.41) is 1.31. The predicted octanol–water partition coefficient (Wildman–Crippen LogP) is 1.95. The van der Waals surface area contributed by atoms with Crippen LogP contribution in [0.1, 0.15) is 18.4 Å². The van der Waals surface area contributed by atoms with Crippen LogP contribution in [0, 0.1) is 6.92 Å². The van der Waals surface area contributed by atoms with Gasteiger partial charge >= 0.3 is 5.97 Å². The molecule has 0 saturated carbocycles. The molecule has 0 spiro atoms. The molecule has 0 fully saturated rings. The third kappa shape index (κ3) is 9.56. The quantitative estimate of drug-likeness (QED) is 0.0695. The van der Waals surface area contributed by atoms with Crippen molar-refractivity contribution in [3.63, 3.8) is 0 Å². The molecule has 0 unspecified atom stereocenters. The van der Waals surface area contributed by atoms with Crippen molar-refractivity contribution in [3.05, 3.63) is 60.2 Å². The molecule has 5 N–H and O–H groups in total. The van der Waals surface area contributed by atoms with Crippen LogP contribution in [0.4, 0.5) is 0 Å². The number of carbonyl (C=O) groups excluding carboxylic acids is 2. The molecule has 3 aromatic carbocycles. The number of aliphatic imine (C=N–C) groups is 1. The smallest absolute Gasteiger partial charge is 0.331 e. The third-order valence-corrected chi connectivity index (χ3v) is 8.05. The number of aryl methyl sites for hydroxylation is 1. The number of carbonyl (C=O) groups is 2. The van der Waals surface area contributed by atoms with E-state index in [2.05, 4.69) is 9.71 Å². The zero-order valence-corrected chi connectivity index (χ0v) is 26.1. The minimum atomic E-state index is -4.22. The molecular formula is C30H39N5O8S. The van der Waals surface area contributed by atoms with E-state index in [1.807, 2.05) is 13.0 Å². The van der Waals surface area contributed by atoms with Crippen molar-refractivity contribution >= 4 is 38.6 Å². The van der Waals surface area contributed by atoms with Crippen LogP contribution in [0.15, 0.2) is 64.5 Å². The molecule has 0 aliphatic rings. The summed E-state index contributed by atoms with van der Waals surface area (Å²) in [6.07, 6.45) is 0.321. The number of guanidine groups is 1. The van der Waals surface area contributed by atoms with Gasteiger partial charge in [-0.25, -0.2) is 13.2 Å². The van der Waals surface area contributed by atoms with Gasteiger partial charge in [0.2, 0.25) is 15.9 Å². The van der Waals surface area contributed by atoms with Gasteiger partial charge in [-0.2, -0.15) is 4.72 Å². The summed E-state index contributed by atoms with van der Waals surface area (Å²) in [7, 11) is 0.221. The Labute approximate surface area is 257 Å². The standard InChI is InChI=1S/C30H39N5O8S/c1-20-7-5-8-23(15-20)43-28(36)19-35(13-14-40-2)29(37)25(9-6-12-33-30(31)32)34-44(38,39)24-11-10-21-17-26(41-3)27(42-4)18-22(21)16-24/h5,7-8,10-11,15-18,25,34H,6,9,12-14,19H2,1-4H3,(H4,31,32,33)/t25-/m0/s1. The molecule has 3 rings (SSSR count). The average molecular weight is 630 g/mol. The fourth-order valence-corrected chi connectivity index (χ4v) is 5.66. The molecule has 238 valence electrons. The average Bonchev–Trinajstić information content (AvgIpc) is 2.99. The van der Waals surface area contributed by atoms with Crippen molar-refractivity contribution in [1.29, 1.82) is 0 Å². The summed E-state index contributed by atoms with van der Waals surface area (Å²) in [5.41, 5.74) is 11.7. The second-order valence-corrected chi connectivity index (χ2v) is 11.6. The number of hydrogen-bond acceptors (Lipinski definition) is 9. The second-order valence-electron chi connectivity index (χ2n) is 9.88. The zero-order chi connectivity index (χ0) is 32.3. The number of nitrogens with zero attached hydrogens (tertiary/aromatic N) is 2. The highest BCUT2D eigenvalue weighted by Gasteiger charge is 2.30. The highest BCUT2D eigenvalue weighted by molar-refractivity contribution is 7.89. The first-order valence-electron chi connectivity index (χ1n) is 13.8. The lowest BCUT2D eigenvalue weighted by molar-refractivity contribution is -0.144. The Bertz CT molecular complexity index is 1590. The molecule has 1 atom stereocenters. The Balaban J connectivity index is 1.89. The van der Waals surface area contributed by atoms with Gasteiger partial charge in [0.15, 0.2) is 17.5 Å². The minimum absolute atomic E-state index is 0.0159. The molecule has 0 aliphatic carbocycles. The summed E-state index contributed by atoms with van der Waals surface area (Å²) >= 11 is 0. The number of hydrogen-bond donors (Lipinski definition) is 3. The highest BCUT2D eigenvalue weighted by Crippen LogP contribution is 2.33. The number of benzene rings is 3. The minimum Gasteiger partial charge on any atom is -0.493 e. The van der Waals surface area contributed by atoms with E-state index < -0.39 is 34.5 Å². The first-order valence-corrected chi connectivity index (χ1v) is 15.2. The van der Waals surface area contributed by atoms with Crippen LogP contribution in [-0.2, 0) is 24.3 Å². The number of ether oxygens (including phenoxy) is 4. The number of methoxy groups -OCH3 is 3. The van der Waals surface area contributed by atoms with Gasteiger partial charge < -0.3 is 35.3 Å². The summed E-state index contributed by atoms with van der Waals surface area (Å²) in [6.45, 7) is 1.71. The van der Waals surface area contributed by atoms with E-state index in [4.69, 9.17) is 30.4 Å². The Kier molecular flexibility index (Phi) is 12.3. The van der Waals surface area contributed by atoms with Crippen molar-refractivity contribution < 1.29 is 37.0 Å².